The van der Waals surface area contributed by atoms with E-state index in [0.717, 1.165) is 0 Å². The number of hydrogen-bond acceptors (Lipinski definition) is 8. The van der Waals surface area contributed by atoms with E-state index in [9.17, 15) is 14.4 Å². The summed E-state index contributed by atoms with van der Waals surface area (Å²) in [6.45, 7) is 15.9. The molecule has 1 saturated heterocycles. The lowest BCUT2D eigenvalue weighted by atomic mass is 9.94. The number of fused-ring (bicyclic) bond motifs is 6. The molecule has 2 N–H and O–H groups in total. The second-order valence-electron chi connectivity index (χ2n) is 13.5. The largest absolute Gasteiger partial charge is 0.417 e. The van der Waals surface area contributed by atoms with Gasteiger partial charge >= 0.3 is 5.76 Å². The third-order valence-electron chi connectivity index (χ3n) is 9.67. The molecule has 0 saturated carbocycles. The number of oxazole rings is 1. The van der Waals surface area contributed by atoms with Gasteiger partial charge in [0.1, 0.15) is 17.8 Å². The Kier molecular flexibility index (Phi) is 7.68. The molecule has 0 bridgehead atoms. The van der Waals surface area contributed by atoms with E-state index in [1.165, 1.54) is 23.0 Å². The van der Waals surface area contributed by atoms with E-state index < -0.39 is 28.5 Å². The molecule has 49 heavy (non-hydrogen) atoms. The number of pyridine rings is 1. The highest BCUT2D eigenvalue weighted by Crippen LogP contribution is 2.45. The molecule has 2 aromatic carbocycles. The summed E-state index contributed by atoms with van der Waals surface area (Å²) in [7, 11) is 0. The van der Waals surface area contributed by atoms with E-state index >= 15 is 8.78 Å². The molecule has 1 amide bonds. The van der Waals surface area contributed by atoms with E-state index in [0.29, 0.717) is 48.0 Å². The fourth-order valence-corrected chi connectivity index (χ4v) is 7.39. The first-order valence-electron chi connectivity index (χ1n) is 16.4. The van der Waals surface area contributed by atoms with Gasteiger partial charge in [0.15, 0.2) is 11.4 Å². The molecule has 5 heterocycles. The van der Waals surface area contributed by atoms with Crippen molar-refractivity contribution in [3.63, 3.8) is 0 Å². The summed E-state index contributed by atoms with van der Waals surface area (Å²) < 4.78 is 41.2. The summed E-state index contributed by atoms with van der Waals surface area (Å²) in [5, 5.41) is 3.43. The first-order chi connectivity index (χ1) is 23.3. The zero-order valence-electron chi connectivity index (χ0n) is 28.1. The van der Waals surface area contributed by atoms with Gasteiger partial charge in [-0.25, -0.2) is 23.5 Å². The van der Waals surface area contributed by atoms with Crippen molar-refractivity contribution in [2.75, 3.05) is 29.9 Å². The summed E-state index contributed by atoms with van der Waals surface area (Å²) in [6, 6.07) is 3.93. The van der Waals surface area contributed by atoms with Crippen LogP contribution in [0.15, 0.2) is 51.2 Å². The van der Waals surface area contributed by atoms with Gasteiger partial charge in [0.25, 0.3) is 5.56 Å². The van der Waals surface area contributed by atoms with E-state index in [4.69, 9.17) is 4.42 Å². The van der Waals surface area contributed by atoms with E-state index in [-0.39, 0.29) is 63.1 Å². The maximum atomic E-state index is 17.7. The van der Waals surface area contributed by atoms with Gasteiger partial charge in [-0.3, -0.25) is 19.1 Å². The zero-order chi connectivity index (χ0) is 35.0. The lowest BCUT2D eigenvalue weighted by Crippen LogP contribution is -2.62. The lowest BCUT2D eigenvalue weighted by Gasteiger charge is -2.49. The molecular weight excluding hydrogens is 632 g/mol. The van der Waals surface area contributed by atoms with Crippen LogP contribution < -0.4 is 21.5 Å². The summed E-state index contributed by atoms with van der Waals surface area (Å²) in [6.07, 6.45) is 2.71. The number of nitrogens with zero attached hydrogens (tertiary/aromatic N) is 5. The molecule has 254 valence electrons. The second kappa shape index (κ2) is 11.7. The number of halogens is 2. The summed E-state index contributed by atoms with van der Waals surface area (Å²) in [5.41, 5.74) is 1.60. The summed E-state index contributed by atoms with van der Waals surface area (Å²) in [4.78, 5) is 55.2. The van der Waals surface area contributed by atoms with Crippen molar-refractivity contribution in [2.45, 2.75) is 65.5 Å². The zero-order valence-corrected chi connectivity index (χ0v) is 28.1. The van der Waals surface area contributed by atoms with Gasteiger partial charge in [-0.15, -0.1) is 0 Å². The van der Waals surface area contributed by atoms with Crippen LogP contribution in [0.2, 0.25) is 0 Å². The number of nitrogens with one attached hydrogen (secondary N) is 2. The Morgan fingerprint density at radius 2 is 1.76 bits per heavy atom. The number of carbonyl (C=O) groups excluding carboxylic acids is 1. The van der Waals surface area contributed by atoms with Crippen molar-refractivity contribution in [1.82, 2.24) is 24.4 Å². The Morgan fingerprint density at radius 1 is 1.06 bits per heavy atom. The number of anilines is 2. The van der Waals surface area contributed by atoms with Crippen LogP contribution in [0.3, 0.4) is 0 Å². The second-order valence-corrected chi connectivity index (χ2v) is 13.5. The van der Waals surface area contributed by atoms with Crippen molar-refractivity contribution in [1.29, 1.82) is 0 Å². The van der Waals surface area contributed by atoms with Gasteiger partial charge in [-0.1, -0.05) is 40.3 Å². The van der Waals surface area contributed by atoms with Crippen molar-refractivity contribution in [2.24, 2.45) is 0 Å². The Balaban J connectivity index is 1.64. The molecule has 2 aliphatic rings. The average Bonchev–Trinajstić information content (AvgIpc) is 3.45. The number of aromatic amines is 1. The first-order valence-corrected chi connectivity index (χ1v) is 16.4. The minimum atomic E-state index is -1.00. The van der Waals surface area contributed by atoms with Gasteiger partial charge in [-0.2, -0.15) is 0 Å². The number of piperazine rings is 1. The number of carbonyl (C=O) groups is 1. The maximum absolute atomic E-state index is 17.7. The first kappa shape index (κ1) is 32.2. The topological polar surface area (TPSA) is 129 Å². The predicted octanol–water partition coefficient (Wildman–Crippen LogP) is 5.73. The van der Waals surface area contributed by atoms with Crippen molar-refractivity contribution >= 4 is 39.3 Å². The molecule has 0 spiro atoms. The number of benzene rings is 2. The SMILES string of the molecule is C=CC(=O)N1CC2CNc3c(c4cc(F)c(-c5c(C)ccc6[nH]c(=O)oc56)c(F)c4n(-c4c(C(C)C)ncnc4C(C)C)c3=O)N2CC1C. The number of H-pyrrole nitrogens is 1. The van der Waals surface area contributed by atoms with Crippen LogP contribution in [-0.2, 0) is 4.79 Å². The Hall–Kier alpha value is -5.33. The van der Waals surface area contributed by atoms with Crippen LogP contribution in [0.1, 0.15) is 63.4 Å². The smallest absolute Gasteiger partial charge is 0.407 e. The quantitative estimate of drug-likeness (QED) is 0.227. The van der Waals surface area contributed by atoms with Crippen LogP contribution >= 0.6 is 0 Å². The number of hydrogen-bond donors (Lipinski definition) is 2. The van der Waals surface area contributed by atoms with Gasteiger partial charge in [-0.05, 0) is 49.5 Å². The summed E-state index contributed by atoms with van der Waals surface area (Å²) >= 11 is 0. The van der Waals surface area contributed by atoms with Crippen LogP contribution in [0.5, 0.6) is 0 Å². The molecule has 0 radical (unpaired) electrons. The molecule has 0 aliphatic carbocycles. The van der Waals surface area contributed by atoms with E-state index in [1.54, 1.807) is 24.0 Å². The fraction of sp³-hybridized carbons (Fsp3) is 0.361. The van der Waals surface area contributed by atoms with Crippen molar-refractivity contribution in [3.05, 3.63) is 86.7 Å². The van der Waals surface area contributed by atoms with Crippen LogP contribution in [0.4, 0.5) is 20.2 Å². The highest BCUT2D eigenvalue weighted by molar-refractivity contribution is 6.04. The molecule has 1 fully saturated rings. The van der Waals surface area contributed by atoms with Crippen LogP contribution in [0.25, 0.3) is 38.8 Å². The average molecular weight is 670 g/mol. The van der Waals surface area contributed by atoms with E-state index in [2.05, 4.69) is 26.8 Å². The van der Waals surface area contributed by atoms with Gasteiger partial charge in [0.2, 0.25) is 5.91 Å². The Labute approximate surface area is 280 Å². The van der Waals surface area contributed by atoms with Gasteiger partial charge in [0, 0.05) is 36.6 Å². The standard InChI is InChI=1S/C36H37F2N7O4/c1-8-24(46)43-14-20-12-39-30-32(44(20)13-19(43)7)21-11-22(37)26(25-18(6)9-10-23-34(25)49-36(48)42-23)27(38)31(21)45(35(30)47)33-28(16(2)3)40-15-41-29(33)17(4)5/h8-11,15-17,19-20,39H,1,12-14H2,2-7H3,(H,42,48). The maximum Gasteiger partial charge on any atom is 0.417 e. The van der Waals surface area contributed by atoms with E-state index in [1.807, 2.05) is 39.5 Å². The molecule has 5 aromatic rings. The number of aryl methyl sites for hydroxylation is 1. The predicted molar refractivity (Wildman–Crippen MR) is 185 cm³/mol. The monoisotopic (exact) mass is 669 g/mol. The number of rotatable bonds is 5. The van der Waals surface area contributed by atoms with Crippen LogP contribution in [0, 0.1) is 18.6 Å². The molecule has 3 aromatic heterocycles. The Morgan fingerprint density at radius 3 is 2.41 bits per heavy atom. The minimum absolute atomic E-state index is 0.00125. The number of amides is 1. The third kappa shape index (κ3) is 4.85. The highest BCUT2D eigenvalue weighted by Gasteiger charge is 2.40. The fourth-order valence-electron chi connectivity index (χ4n) is 7.39. The van der Waals surface area contributed by atoms with Gasteiger partial charge in [0.05, 0.1) is 45.4 Å². The van der Waals surface area contributed by atoms with Crippen molar-refractivity contribution < 1.29 is 18.0 Å². The highest BCUT2D eigenvalue weighted by atomic mass is 19.1. The molecule has 2 unspecified atom stereocenters. The minimum Gasteiger partial charge on any atom is -0.407 e. The molecule has 11 nitrogen and oxygen atoms in total. The van der Waals surface area contributed by atoms with Gasteiger partial charge < -0.3 is 19.5 Å². The Bertz CT molecular complexity index is 2300. The normalized spacial score (nSPS) is 17.5. The molecule has 13 heteroatoms. The molecule has 7 rings (SSSR count). The molecule has 2 aliphatic heterocycles. The molecule has 2 atom stereocenters. The third-order valence-corrected chi connectivity index (χ3v) is 9.67. The van der Waals surface area contributed by atoms with Crippen molar-refractivity contribution in [3.8, 4) is 16.8 Å². The van der Waals surface area contributed by atoms with Crippen LogP contribution in [-0.4, -0.2) is 62.0 Å². The number of aromatic nitrogens is 4. The summed E-state index contributed by atoms with van der Waals surface area (Å²) in [5.74, 6) is -3.25. The lowest BCUT2D eigenvalue weighted by molar-refractivity contribution is -0.128. The molecular formula is C36H37F2N7O4.